The fraction of sp³-hybridized carbons (Fsp3) is 0.571. The van der Waals surface area contributed by atoms with Crippen molar-refractivity contribution in [3.63, 3.8) is 0 Å². The van der Waals surface area contributed by atoms with Crippen LogP contribution in [-0.2, 0) is 0 Å². The molecule has 0 saturated heterocycles. The molecule has 1 aromatic heterocycles. The molecule has 0 saturated carbocycles. The second-order valence-electron chi connectivity index (χ2n) is 5.14. The van der Waals surface area contributed by atoms with Crippen LogP contribution in [0.25, 0.3) is 5.57 Å². The predicted octanol–water partition coefficient (Wildman–Crippen LogP) is 3.88. The first-order valence-electron chi connectivity index (χ1n) is 7.06. The molecular formula is C14H18F3N3OS. The summed E-state index contributed by atoms with van der Waals surface area (Å²) in [4.78, 5) is 2.02. The molecular weight excluding hydrogens is 315 g/mol. The normalized spacial score (nSPS) is 15.1. The summed E-state index contributed by atoms with van der Waals surface area (Å²) in [6.45, 7) is 1.08. The number of hydrogen-bond acceptors (Lipinski definition) is 5. The Bertz CT molecular complexity index is 540. The number of hydrogen-bond donors (Lipinski definition) is 0. The smallest absolute Gasteiger partial charge is 0.389 e. The molecule has 0 aromatic carbocycles. The van der Waals surface area contributed by atoms with Crippen LogP contribution in [0, 0.1) is 0 Å². The van der Waals surface area contributed by atoms with Gasteiger partial charge in [0.25, 0.3) is 5.88 Å². The number of allylic oxidation sites excluding steroid dienone is 2. The van der Waals surface area contributed by atoms with E-state index in [2.05, 4.69) is 8.75 Å². The van der Waals surface area contributed by atoms with Gasteiger partial charge < -0.3 is 9.64 Å². The minimum Gasteiger partial charge on any atom is -0.475 e. The molecule has 22 heavy (non-hydrogen) atoms. The second kappa shape index (κ2) is 7.62. The minimum absolute atomic E-state index is 0.135. The largest absolute Gasteiger partial charge is 0.475 e. The van der Waals surface area contributed by atoms with E-state index in [0.717, 1.165) is 29.5 Å². The van der Waals surface area contributed by atoms with Crippen molar-refractivity contribution in [3.05, 3.63) is 24.0 Å². The van der Waals surface area contributed by atoms with Gasteiger partial charge in [-0.2, -0.15) is 17.5 Å². The third-order valence-electron chi connectivity index (χ3n) is 3.16. The lowest BCUT2D eigenvalue weighted by Gasteiger charge is -2.18. The summed E-state index contributed by atoms with van der Waals surface area (Å²) in [6, 6.07) is 0. The summed E-state index contributed by atoms with van der Waals surface area (Å²) in [5.41, 5.74) is 1.74. The van der Waals surface area contributed by atoms with E-state index in [1.165, 1.54) is 0 Å². The molecule has 122 valence electrons. The van der Waals surface area contributed by atoms with Gasteiger partial charge in [-0.15, -0.1) is 4.37 Å². The van der Waals surface area contributed by atoms with Crippen molar-refractivity contribution in [2.24, 2.45) is 0 Å². The third kappa shape index (κ3) is 5.32. The zero-order chi connectivity index (χ0) is 16.0. The van der Waals surface area contributed by atoms with Gasteiger partial charge in [0.2, 0.25) is 0 Å². The molecule has 0 fully saturated rings. The van der Waals surface area contributed by atoms with Gasteiger partial charge >= 0.3 is 6.18 Å². The molecule has 2 rings (SSSR count). The molecule has 0 unspecified atom stereocenters. The van der Waals surface area contributed by atoms with E-state index in [4.69, 9.17) is 4.74 Å². The van der Waals surface area contributed by atoms with Crippen LogP contribution in [0.15, 0.2) is 18.4 Å². The molecule has 0 bridgehead atoms. The van der Waals surface area contributed by atoms with Gasteiger partial charge in [0.15, 0.2) is 0 Å². The Morgan fingerprint density at radius 3 is 2.82 bits per heavy atom. The minimum atomic E-state index is -4.07. The van der Waals surface area contributed by atoms with E-state index in [9.17, 15) is 13.2 Å². The number of rotatable bonds is 7. The van der Waals surface area contributed by atoms with Crippen molar-refractivity contribution in [1.82, 2.24) is 13.6 Å². The zero-order valence-electron chi connectivity index (χ0n) is 12.3. The quantitative estimate of drug-likeness (QED) is 0.710. The molecule has 1 aromatic rings. The molecule has 8 heteroatoms. The first-order chi connectivity index (χ1) is 10.5. The lowest BCUT2D eigenvalue weighted by atomic mass is 10.1. The first kappa shape index (κ1) is 16.8. The molecule has 1 aliphatic rings. The molecule has 4 nitrogen and oxygen atoms in total. The van der Waals surface area contributed by atoms with Crippen molar-refractivity contribution in [3.8, 4) is 5.88 Å². The van der Waals surface area contributed by atoms with Crippen LogP contribution < -0.4 is 4.74 Å². The maximum atomic E-state index is 12.0. The number of nitrogens with zero attached hydrogens (tertiary/aromatic N) is 3. The van der Waals surface area contributed by atoms with Crippen LogP contribution in [0.2, 0.25) is 0 Å². The Labute approximate surface area is 131 Å². The van der Waals surface area contributed by atoms with Crippen molar-refractivity contribution in [2.75, 3.05) is 20.2 Å². The predicted molar refractivity (Wildman–Crippen MR) is 79.7 cm³/mol. The van der Waals surface area contributed by atoms with Crippen LogP contribution in [0.4, 0.5) is 13.2 Å². The van der Waals surface area contributed by atoms with Crippen molar-refractivity contribution < 1.29 is 17.9 Å². The number of aromatic nitrogens is 2. The lowest BCUT2D eigenvalue weighted by Crippen LogP contribution is -2.16. The monoisotopic (exact) mass is 333 g/mol. The summed E-state index contributed by atoms with van der Waals surface area (Å²) < 4.78 is 50.0. The van der Waals surface area contributed by atoms with Crippen LogP contribution in [-0.4, -0.2) is 40.0 Å². The molecule has 1 aliphatic heterocycles. The third-order valence-corrected chi connectivity index (χ3v) is 3.68. The van der Waals surface area contributed by atoms with Gasteiger partial charge in [-0.05, 0) is 31.5 Å². The van der Waals surface area contributed by atoms with Crippen LogP contribution in [0.3, 0.4) is 0 Å². The summed E-state index contributed by atoms with van der Waals surface area (Å²) in [5.74, 6) is 0.468. The Hall–Kier alpha value is -1.57. The van der Waals surface area contributed by atoms with Crippen LogP contribution >= 0.6 is 11.7 Å². The van der Waals surface area contributed by atoms with Gasteiger partial charge in [-0.1, -0.05) is 6.08 Å². The van der Waals surface area contributed by atoms with Crippen LogP contribution in [0.5, 0.6) is 5.88 Å². The maximum absolute atomic E-state index is 12.0. The van der Waals surface area contributed by atoms with Gasteiger partial charge in [0, 0.05) is 25.6 Å². The van der Waals surface area contributed by atoms with E-state index < -0.39 is 12.6 Å². The summed E-state index contributed by atoms with van der Waals surface area (Å²) in [7, 11) is 1.96. The molecule has 0 atom stereocenters. The fourth-order valence-electron chi connectivity index (χ4n) is 2.08. The highest BCUT2D eigenvalue weighted by Crippen LogP contribution is 2.27. The number of alkyl halides is 3. The Morgan fingerprint density at radius 2 is 2.09 bits per heavy atom. The molecule has 0 N–H and O–H groups in total. The Balaban J connectivity index is 1.77. The highest BCUT2D eigenvalue weighted by Gasteiger charge is 2.25. The number of unbranched alkanes of at least 4 members (excludes halogenated alkanes) is 2. The van der Waals surface area contributed by atoms with E-state index >= 15 is 0 Å². The SMILES string of the molecule is CN1C=CC=C(c2nsnc2OCCCCCC(F)(F)F)C1. The van der Waals surface area contributed by atoms with Crippen molar-refractivity contribution >= 4 is 17.3 Å². The van der Waals surface area contributed by atoms with Gasteiger partial charge in [-0.3, -0.25) is 0 Å². The molecule has 0 radical (unpaired) electrons. The zero-order valence-corrected chi connectivity index (χ0v) is 13.1. The Morgan fingerprint density at radius 1 is 1.27 bits per heavy atom. The molecule has 2 heterocycles. The number of likely N-dealkylation sites (N-methyl/N-ethyl adjacent to an activating group) is 1. The summed E-state index contributed by atoms with van der Waals surface area (Å²) >= 11 is 1.08. The van der Waals surface area contributed by atoms with Gasteiger partial charge in [-0.25, -0.2) is 0 Å². The number of halogens is 3. The number of ether oxygens (including phenoxy) is 1. The Kier molecular flexibility index (Phi) is 5.82. The second-order valence-corrected chi connectivity index (χ2v) is 5.67. The lowest BCUT2D eigenvalue weighted by molar-refractivity contribution is -0.135. The highest BCUT2D eigenvalue weighted by molar-refractivity contribution is 6.99. The van der Waals surface area contributed by atoms with E-state index in [0.29, 0.717) is 25.3 Å². The molecule has 0 aliphatic carbocycles. The standard InChI is InChI=1S/C14H18F3N3OS/c1-20-8-5-6-11(10-20)12-13(19-22-18-12)21-9-4-2-3-7-14(15,16)17/h5-6,8H,2-4,7,9-10H2,1H3. The van der Waals surface area contributed by atoms with Crippen LogP contribution in [0.1, 0.15) is 31.4 Å². The average Bonchev–Trinajstić information content (AvgIpc) is 2.90. The van der Waals surface area contributed by atoms with Gasteiger partial charge in [0.05, 0.1) is 18.3 Å². The van der Waals surface area contributed by atoms with Crippen molar-refractivity contribution in [1.29, 1.82) is 0 Å². The van der Waals surface area contributed by atoms with E-state index in [1.54, 1.807) is 0 Å². The van der Waals surface area contributed by atoms with Gasteiger partial charge in [0.1, 0.15) is 5.69 Å². The molecule has 0 amide bonds. The molecule has 0 spiro atoms. The van der Waals surface area contributed by atoms with E-state index in [1.807, 2.05) is 30.3 Å². The highest BCUT2D eigenvalue weighted by atomic mass is 32.1. The maximum Gasteiger partial charge on any atom is 0.389 e. The average molecular weight is 333 g/mol. The first-order valence-corrected chi connectivity index (χ1v) is 7.79. The van der Waals surface area contributed by atoms with E-state index in [-0.39, 0.29) is 6.42 Å². The summed E-state index contributed by atoms with van der Waals surface area (Å²) in [5, 5.41) is 0. The topological polar surface area (TPSA) is 38.2 Å². The van der Waals surface area contributed by atoms with Crippen molar-refractivity contribution in [2.45, 2.75) is 31.9 Å². The summed E-state index contributed by atoms with van der Waals surface area (Å²) in [6.07, 6.45) is 2.25. The fourth-order valence-corrected chi connectivity index (χ4v) is 2.61.